The molecule has 24 heavy (non-hydrogen) atoms. The minimum absolute atomic E-state index is 0.0187. The van der Waals surface area contributed by atoms with E-state index < -0.39 is 0 Å². The molecule has 3 rings (SSSR count). The summed E-state index contributed by atoms with van der Waals surface area (Å²) in [6.45, 7) is 8.68. The van der Waals surface area contributed by atoms with Crippen molar-refractivity contribution in [3.05, 3.63) is 23.2 Å². The molecule has 1 saturated heterocycles. The van der Waals surface area contributed by atoms with Crippen LogP contribution < -0.4 is 5.32 Å². The molecule has 0 spiro atoms. The third kappa shape index (κ3) is 3.99. The van der Waals surface area contributed by atoms with Crippen LogP contribution in [0.3, 0.4) is 0 Å². The molecule has 2 aromatic rings. The first-order valence-electron chi connectivity index (χ1n) is 8.34. The zero-order valence-electron chi connectivity index (χ0n) is 14.4. The molecule has 0 saturated carbocycles. The molecule has 1 amide bonds. The third-order valence-corrected chi connectivity index (χ3v) is 5.64. The standard InChI is InChI=1S/C16H24N6OS/c1-11-13(3)24-16(19-11)20-15(23)12(2)21-6-4-5-14(7-21)8-22-10-17-9-18-22/h9-10,12,14H,4-8H2,1-3H3,(H,19,20,23)/t12-,14+/m0/s1. The zero-order chi connectivity index (χ0) is 17.1. The summed E-state index contributed by atoms with van der Waals surface area (Å²) in [5.74, 6) is 0.519. The topological polar surface area (TPSA) is 75.9 Å². The second kappa shape index (κ2) is 7.40. The Morgan fingerprint density at radius 3 is 3.00 bits per heavy atom. The quantitative estimate of drug-likeness (QED) is 0.895. The first-order valence-corrected chi connectivity index (χ1v) is 9.16. The van der Waals surface area contributed by atoms with Gasteiger partial charge in [-0.15, -0.1) is 11.3 Å². The van der Waals surface area contributed by atoms with Crippen LogP contribution in [0.25, 0.3) is 0 Å². The van der Waals surface area contributed by atoms with Gasteiger partial charge in [0, 0.05) is 18.0 Å². The SMILES string of the molecule is Cc1nc(NC(=O)[C@H](C)N2CCC[C@@H](Cn3cncn3)C2)sc1C. The smallest absolute Gasteiger partial charge is 0.243 e. The number of nitrogens with one attached hydrogen (secondary N) is 1. The number of hydrogen-bond acceptors (Lipinski definition) is 6. The van der Waals surface area contributed by atoms with Gasteiger partial charge in [-0.3, -0.25) is 14.4 Å². The van der Waals surface area contributed by atoms with Crippen molar-refractivity contribution in [1.29, 1.82) is 0 Å². The zero-order valence-corrected chi connectivity index (χ0v) is 15.2. The van der Waals surface area contributed by atoms with Crippen LogP contribution in [-0.2, 0) is 11.3 Å². The maximum atomic E-state index is 12.5. The summed E-state index contributed by atoms with van der Waals surface area (Å²) >= 11 is 1.53. The molecule has 1 aliphatic heterocycles. The van der Waals surface area contributed by atoms with Crippen LogP contribution in [0.1, 0.15) is 30.3 Å². The average molecular weight is 348 g/mol. The highest BCUT2D eigenvalue weighted by atomic mass is 32.1. The Balaban J connectivity index is 1.56. The van der Waals surface area contributed by atoms with E-state index in [2.05, 4.69) is 25.3 Å². The van der Waals surface area contributed by atoms with Crippen molar-refractivity contribution in [3.63, 3.8) is 0 Å². The molecule has 1 fully saturated rings. The molecule has 1 aliphatic rings. The van der Waals surface area contributed by atoms with Gasteiger partial charge in [0.25, 0.3) is 0 Å². The van der Waals surface area contributed by atoms with E-state index in [0.717, 1.165) is 43.0 Å². The highest BCUT2D eigenvalue weighted by Gasteiger charge is 2.28. The molecule has 130 valence electrons. The van der Waals surface area contributed by atoms with Crippen molar-refractivity contribution >= 4 is 22.4 Å². The van der Waals surface area contributed by atoms with Crippen molar-refractivity contribution in [2.75, 3.05) is 18.4 Å². The number of amides is 1. The van der Waals surface area contributed by atoms with Crippen LogP contribution in [0.4, 0.5) is 5.13 Å². The number of carbonyl (C=O) groups excluding carboxylic acids is 1. The molecule has 0 aliphatic carbocycles. The summed E-state index contributed by atoms with van der Waals surface area (Å²) in [6, 6.07) is -0.159. The van der Waals surface area contributed by atoms with Gasteiger partial charge in [0.1, 0.15) is 12.7 Å². The number of thiazole rings is 1. The second-order valence-corrected chi connectivity index (χ2v) is 7.65. The Labute approximate surface area is 146 Å². The Morgan fingerprint density at radius 1 is 1.50 bits per heavy atom. The van der Waals surface area contributed by atoms with Crippen LogP contribution in [0.2, 0.25) is 0 Å². The van der Waals surface area contributed by atoms with E-state index in [4.69, 9.17) is 0 Å². The normalized spacial score (nSPS) is 20.0. The van der Waals surface area contributed by atoms with E-state index in [1.54, 1.807) is 12.7 Å². The largest absolute Gasteiger partial charge is 0.301 e. The maximum absolute atomic E-state index is 12.5. The lowest BCUT2D eigenvalue weighted by Gasteiger charge is -2.35. The van der Waals surface area contributed by atoms with Crippen molar-refractivity contribution in [1.82, 2.24) is 24.6 Å². The number of nitrogens with zero attached hydrogens (tertiary/aromatic N) is 5. The first-order chi connectivity index (χ1) is 11.5. The monoisotopic (exact) mass is 348 g/mol. The van der Waals surface area contributed by atoms with Gasteiger partial charge in [-0.25, -0.2) is 9.97 Å². The lowest BCUT2D eigenvalue weighted by Crippen LogP contribution is -2.47. The molecule has 7 nitrogen and oxygen atoms in total. The minimum atomic E-state index is -0.159. The average Bonchev–Trinajstić information content (AvgIpc) is 3.17. The van der Waals surface area contributed by atoms with Crippen LogP contribution in [-0.4, -0.2) is 49.7 Å². The fourth-order valence-electron chi connectivity index (χ4n) is 3.09. The summed E-state index contributed by atoms with van der Waals surface area (Å²) in [5.41, 5.74) is 0.980. The number of hydrogen-bond donors (Lipinski definition) is 1. The van der Waals surface area contributed by atoms with Gasteiger partial charge in [0.15, 0.2) is 5.13 Å². The van der Waals surface area contributed by atoms with E-state index in [9.17, 15) is 4.79 Å². The number of aryl methyl sites for hydroxylation is 2. The molecule has 0 bridgehead atoms. The van der Waals surface area contributed by atoms with E-state index in [1.807, 2.05) is 25.5 Å². The number of carbonyl (C=O) groups is 1. The number of rotatable bonds is 5. The molecule has 0 unspecified atom stereocenters. The molecular formula is C16H24N6OS. The lowest BCUT2D eigenvalue weighted by atomic mass is 9.96. The minimum Gasteiger partial charge on any atom is -0.301 e. The van der Waals surface area contributed by atoms with Gasteiger partial charge >= 0.3 is 0 Å². The number of anilines is 1. The van der Waals surface area contributed by atoms with E-state index in [-0.39, 0.29) is 11.9 Å². The van der Waals surface area contributed by atoms with Crippen molar-refractivity contribution in [2.45, 2.75) is 46.2 Å². The lowest BCUT2D eigenvalue weighted by molar-refractivity contribution is -0.121. The van der Waals surface area contributed by atoms with E-state index in [1.165, 1.54) is 11.3 Å². The summed E-state index contributed by atoms with van der Waals surface area (Å²) in [5, 5.41) is 7.84. The van der Waals surface area contributed by atoms with Crippen LogP contribution in [0.5, 0.6) is 0 Å². The highest BCUT2D eigenvalue weighted by Crippen LogP contribution is 2.23. The Bertz CT molecular complexity index is 663. The predicted molar refractivity (Wildman–Crippen MR) is 94.0 cm³/mol. The Kier molecular flexibility index (Phi) is 5.25. The van der Waals surface area contributed by atoms with Gasteiger partial charge in [-0.1, -0.05) is 0 Å². The summed E-state index contributed by atoms with van der Waals surface area (Å²) in [6.07, 6.45) is 5.58. The Morgan fingerprint density at radius 2 is 2.33 bits per heavy atom. The van der Waals surface area contributed by atoms with Gasteiger partial charge in [-0.05, 0) is 46.1 Å². The predicted octanol–water partition coefficient (Wildman–Crippen LogP) is 2.09. The van der Waals surface area contributed by atoms with Crippen LogP contribution in [0, 0.1) is 19.8 Å². The van der Waals surface area contributed by atoms with Crippen molar-refractivity contribution in [3.8, 4) is 0 Å². The number of aromatic nitrogens is 4. The fourth-order valence-corrected chi connectivity index (χ4v) is 3.91. The highest BCUT2D eigenvalue weighted by molar-refractivity contribution is 7.15. The van der Waals surface area contributed by atoms with Crippen molar-refractivity contribution < 1.29 is 4.79 Å². The number of likely N-dealkylation sites (tertiary alicyclic amines) is 1. The van der Waals surface area contributed by atoms with Gasteiger partial charge in [0.05, 0.1) is 11.7 Å². The molecular weight excluding hydrogens is 324 g/mol. The number of piperidine rings is 1. The summed E-state index contributed by atoms with van der Waals surface area (Å²) < 4.78 is 1.88. The van der Waals surface area contributed by atoms with Gasteiger partial charge in [-0.2, -0.15) is 5.10 Å². The van der Waals surface area contributed by atoms with Crippen LogP contribution in [0.15, 0.2) is 12.7 Å². The molecule has 3 heterocycles. The van der Waals surface area contributed by atoms with Gasteiger partial charge < -0.3 is 5.32 Å². The molecule has 1 N–H and O–H groups in total. The van der Waals surface area contributed by atoms with Gasteiger partial charge in [0.2, 0.25) is 5.91 Å². The molecule has 0 aromatic carbocycles. The summed E-state index contributed by atoms with van der Waals surface area (Å²) in [4.78, 5) is 24.3. The molecule has 2 atom stereocenters. The summed E-state index contributed by atoms with van der Waals surface area (Å²) in [7, 11) is 0. The van der Waals surface area contributed by atoms with E-state index >= 15 is 0 Å². The Hall–Kier alpha value is -1.80. The van der Waals surface area contributed by atoms with Crippen molar-refractivity contribution in [2.24, 2.45) is 5.92 Å². The maximum Gasteiger partial charge on any atom is 0.243 e. The van der Waals surface area contributed by atoms with E-state index in [0.29, 0.717) is 11.0 Å². The first kappa shape index (κ1) is 17.0. The third-order valence-electron chi connectivity index (χ3n) is 4.65. The molecule has 2 aromatic heterocycles. The molecule has 8 heteroatoms. The fraction of sp³-hybridized carbons (Fsp3) is 0.625. The van der Waals surface area contributed by atoms with Crippen LogP contribution >= 0.6 is 11.3 Å². The second-order valence-electron chi connectivity index (χ2n) is 6.45. The molecule has 0 radical (unpaired) electrons.